The van der Waals surface area contributed by atoms with E-state index in [1.54, 1.807) is 40.1 Å². The lowest BCUT2D eigenvalue weighted by atomic mass is 9.70. The number of carbonyl (C=O) groups excluding carboxylic acids is 1. The van der Waals surface area contributed by atoms with Crippen molar-refractivity contribution < 1.29 is 18.3 Å². The Hall–Kier alpha value is -1.66. The number of rotatable bonds is 2. The maximum atomic E-state index is 14.4. The molecule has 0 radical (unpaired) electrons. The molecular weight excluding hydrogens is 304 g/mol. The molecule has 1 aliphatic heterocycles. The summed E-state index contributed by atoms with van der Waals surface area (Å²) in [6.45, 7) is 8.15. The van der Waals surface area contributed by atoms with E-state index in [1.807, 2.05) is 6.92 Å². The number of carbonyl (C=O) groups is 1. The van der Waals surface area contributed by atoms with Crippen LogP contribution in [0, 0.1) is 0 Å². The summed E-state index contributed by atoms with van der Waals surface area (Å²) in [5.41, 5.74) is -1.66. The van der Waals surface area contributed by atoms with Gasteiger partial charge in [-0.05, 0) is 34.1 Å². The lowest BCUT2D eigenvalue weighted by molar-refractivity contribution is -0.116. The van der Waals surface area contributed by atoms with Crippen LogP contribution in [-0.2, 0) is 10.2 Å². The Morgan fingerprint density at radius 1 is 1.52 bits per heavy atom. The summed E-state index contributed by atoms with van der Waals surface area (Å²) >= 11 is 0. The van der Waals surface area contributed by atoms with Crippen LogP contribution >= 0.6 is 0 Å². The lowest BCUT2D eigenvalue weighted by Gasteiger charge is -2.49. The molecule has 0 aromatic carbocycles. The Morgan fingerprint density at radius 2 is 2.17 bits per heavy atom. The third-order valence-electron chi connectivity index (χ3n) is 4.47. The van der Waals surface area contributed by atoms with Crippen LogP contribution in [0.4, 0.5) is 13.6 Å². The van der Waals surface area contributed by atoms with Gasteiger partial charge in [0.2, 0.25) is 0 Å². The Bertz CT molecular complexity index is 554. The van der Waals surface area contributed by atoms with Crippen LogP contribution in [0.15, 0.2) is 12.4 Å². The number of imidazole rings is 1. The molecule has 23 heavy (non-hydrogen) atoms. The molecule has 0 bridgehead atoms. The van der Waals surface area contributed by atoms with E-state index in [2.05, 4.69) is 9.97 Å². The first-order chi connectivity index (χ1) is 10.5. The average molecular weight is 329 g/mol. The van der Waals surface area contributed by atoms with Crippen molar-refractivity contribution >= 4 is 6.09 Å². The molecule has 2 rings (SSSR count). The number of H-pyrrole nitrogens is 1. The van der Waals surface area contributed by atoms with Gasteiger partial charge < -0.3 is 9.72 Å². The summed E-state index contributed by atoms with van der Waals surface area (Å²) < 4.78 is 34.1. The fourth-order valence-corrected chi connectivity index (χ4v) is 3.30. The Morgan fingerprint density at radius 3 is 2.65 bits per heavy atom. The number of nitrogens with one attached hydrogen (secondary N) is 1. The second kappa shape index (κ2) is 5.76. The van der Waals surface area contributed by atoms with Crippen LogP contribution in [0.3, 0.4) is 0 Å². The highest BCUT2D eigenvalue weighted by Gasteiger charge is 2.56. The number of hydrogen-bond acceptors (Lipinski definition) is 3. The van der Waals surface area contributed by atoms with Crippen molar-refractivity contribution in [3.8, 4) is 0 Å². The number of aromatic nitrogens is 2. The highest BCUT2D eigenvalue weighted by atomic mass is 19.3. The van der Waals surface area contributed by atoms with Crippen LogP contribution < -0.4 is 0 Å². The first kappa shape index (κ1) is 17.7. The van der Waals surface area contributed by atoms with Crippen molar-refractivity contribution in [1.29, 1.82) is 0 Å². The van der Waals surface area contributed by atoms with Gasteiger partial charge >= 0.3 is 6.09 Å². The number of halogens is 2. The van der Waals surface area contributed by atoms with Gasteiger partial charge in [-0.25, -0.2) is 18.6 Å². The van der Waals surface area contributed by atoms with Crippen molar-refractivity contribution in [3.05, 3.63) is 18.2 Å². The van der Waals surface area contributed by atoms with E-state index < -0.39 is 35.6 Å². The molecule has 1 N–H and O–H groups in total. The minimum absolute atomic E-state index is 0.343. The number of amides is 1. The normalized spacial score (nSPS) is 27.8. The van der Waals surface area contributed by atoms with Gasteiger partial charge in [0.25, 0.3) is 5.92 Å². The smallest absolute Gasteiger partial charge is 0.410 e. The number of ether oxygens (including phenoxy) is 1. The van der Waals surface area contributed by atoms with Crippen molar-refractivity contribution in [2.75, 3.05) is 6.54 Å². The molecule has 0 saturated carbocycles. The highest BCUT2D eigenvalue weighted by molar-refractivity contribution is 5.69. The topological polar surface area (TPSA) is 58.2 Å². The van der Waals surface area contributed by atoms with Gasteiger partial charge in [0.05, 0.1) is 12.0 Å². The van der Waals surface area contributed by atoms with Crippen LogP contribution in [0.2, 0.25) is 0 Å². The first-order valence-electron chi connectivity index (χ1n) is 7.88. The molecule has 1 amide bonds. The molecule has 2 unspecified atom stereocenters. The number of likely N-dealkylation sites (tertiary alicyclic amines) is 1. The molecule has 2 heterocycles. The van der Waals surface area contributed by atoms with E-state index in [4.69, 9.17) is 4.74 Å². The van der Waals surface area contributed by atoms with Crippen molar-refractivity contribution in [2.45, 2.75) is 70.4 Å². The summed E-state index contributed by atoms with van der Waals surface area (Å²) in [5.74, 6) is -2.51. The number of piperidine rings is 1. The summed E-state index contributed by atoms with van der Waals surface area (Å²) in [5, 5.41) is 0. The molecule has 1 aromatic rings. The molecule has 1 fully saturated rings. The summed E-state index contributed by atoms with van der Waals surface area (Å²) in [6.07, 6.45) is 2.54. The minimum Gasteiger partial charge on any atom is -0.444 e. The van der Waals surface area contributed by atoms with Crippen molar-refractivity contribution in [3.63, 3.8) is 0 Å². The van der Waals surface area contributed by atoms with Crippen molar-refractivity contribution in [2.24, 2.45) is 0 Å². The third kappa shape index (κ3) is 3.48. The Balaban J connectivity index is 2.40. The molecule has 7 heteroatoms. The molecule has 0 spiro atoms. The predicted molar refractivity (Wildman–Crippen MR) is 82.5 cm³/mol. The van der Waals surface area contributed by atoms with Crippen LogP contribution in [-0.4, -0.2) is 45.1 Å². The summed E-state index contributed by atoms with van der Waals surface area (Å²) in [4.78, 5) is 20.7. The van der Waals surface area contributed by atoms with Gasteiger partial charge in [-0.1, -0.05) is 6.92 Å². The SMILES string of the molecule is CCC1(c2ncc[nH]2)CC(F)(F)CN(C(=O)OC(C)(C)C)C1C. The molecule has 1 aliphatic rings. The quantitative estimate of drug-likeness (QED) is 0.899. The van der Waals surface area contributed by atoms with E-state index >= 15 is 0 Å². The molecule has 1 saturated heterocycles. The average Bonchev–Trinajstić information content (AvgIpc) is 2.93. The Labute approximate surface area is 135 Å². The highest BCUT2D eigenvalue weighted by Crippen LogP contribution is 2.46. The monoisotopic (exact) mass is 329 g/mol. The molecule has 2 atom stereocenters. The fourth-order valence-electron chi connectivity index (χ4n) is 3.30. The maximum absolute atomic E-state index is 14.4. The third-order valence-corrected chi connectivity index (χ3v) is 4.47. The van der Waals surface area contributed by atoms with E-state index in [0.717, 1.165) is 4.90 Å². The number of aromatic amines is 1. The van der Waals surface area contributed by atoms with Crippen LogP contribution in [0.1, 0.15) is 53.3 Å². The molecule has 130 valence electrons. The number of hydrogen-bond donors (Lipinski definition) is 1. The second-order valence-electron chi connectivity index (χ2n) is 7.26. The maximum Gasteiger partial charge on any atom is 0.410 e. The van der Waals surface area contributed by atoms with Crippen LogP contribution in [0.5, 0.6) is 0 Å². The zero-order valence-electron chi connectivity index (χ0n) is 14.3. The van der Waals surface area contributed by atoms with Gasteiger partial charge in [-0.3, -0.25) is 4.90 Å². The number of nitrogens with zero attached hydrogens (tertiary/aromatic N) is 2. The Kier molecular flexibility index (Phi) is 4.43. The fraction of sp³-hybridized carbons (Fsp3) is 0.750. The zero-order valence-corrected chi connectivity index (χ0v) is 14.3. The van der Waals surface area contributed by atoms with Crippen LogP contribution in [0.25, 0.3) is 0 Å². The van der Waals surface area contributed by atoms with Gasteiger partial charge in [0, 0.05) is 24.9 Å². The molecule has 1 aromatic heterocycles. The molecule has 5 nitrogen and oxygen atoms in total. The zero-order chi connectivity index (χ0) is 17.5. The second-order valence-corrected chi connectivity index (χ2v) is 7.26. The van der Waals surface area contributed by atoms with E-state index in [9.17, 15) is 13.6 Å². The predicted octanol–water partition coefficient (Wildman–Crippen LogP) is 3.72. The van der Waals surface area contributed by atoms with Gasteiger partial charge in [-0.2, -0.15) is 0 Å². The molecular formula is C16H25F2N3O2. The van der Waals surface area contributed by atoms with E-state index in [-0.39, 0.29) is 6.42 Å². The van der Waals surface area contributed by atoms with Gasteiger partial charge in [0.1, 0.15) is 11.4 Å². The summed E-state index contributed by atoms with van der Waals surface area (Å²) in [6, 6.07) is -0.451. The number of alkyl halides is 2. The van der Waals surface area contributed by atoms with E-state index in [0.29, 0.717) is 12.2 Å². The first-order valence-corrected chi connectivity index (χ1v) is 7.88. The largest absolute Gasteiger partial charge is 0.444 e. The van der Waals surface area contributed by atoms with Gasteiger partial charge in [-0.15, -0.1) is 0 Å². The molecule has 0 aliphatic carbocycles. The van der Waals surface area contributed by atoms with Gasteiger partial charge in [0.15, 0.2) is 0 Å². The summed E-state index contributed by atoms with van der Waals surface area (Å²) in [7, 11) is 0. The lowest BCUT2D eigenvalue weighted by Crippen LogP contribution is -2.62. The van der Waals surface area contributed by atoms with E-state index in [1.165, 1.54) is 0 Å². The standard InChI is InChI=1S/C16H25F2N3O2/c1-6-15(12-19-7-8-20-12)9-16(17,18)10-21(11(15)2)13(22)23-14(3,4)5/h7-8,11H,6,9-10H2,1-5H3,(H,19,20). The van der Waals surface area contributed by atoms with Crippen molar-refractivity contribution in [1.82, 2.24) is 14.9 Å². The minimum atomic E-state index is -2.99.